The van der Waals surface area contributed by atoms with Crippen LogP contribution in [0.5, 0.6) is 0 Å². The molecule has 0 atom stereocenters. The zero-order chi connectivity index (χ0) is 23.4. The van der Waals surface area contributed by atoms with E-state index in [1.807, 2.05) is 30.3 Å². The zero-order valence-corrected chi connectivity index (χ0v) is 18.6. The Labute approximate surface area is 191 Å². The van der Waals surface area contributed by atoms with Crippen molar-refractivity contribution >= 4 is 29.9 Å². The highest BCUT2D eigenvalue weighted by molar-refractivity contribution is 6.09. The fourth-order valence-corrected chi connectivity index (χ4v) is 3.59. The van der Waals surface area contributed by atoms with Crippen molar-refractivity contribution in [2.24, 2.45) is 5.10 Å². The quantitative estimate of drug-likeness (QED) is 0.352. The van der Waals surface area contributed by atoms with Gasteiger partial charge in [0.2, 0.25) is 0 Å². The number of pyridine rings is 1. The van der Waals surface area contributed by atoms with Gasteiger partial charge in [0.15, 0.2) is 11.5 Å². The predicted octanol–water partition coefficient (Wildman–Crippen LogP) is 2.01. The normalized spacial score (nSPS) is 14.5. The average molecular weight is 447 g/mol. The van der Waals surface area contributed by atoms with E-state index in [1.165, 1.54) is 5.01 Å². The summed E-state index contributed by atoms with van der Waals surface area (Å²) in [6, 6.07) is 13.1. The smallest absolute Gasteiger partial charge is 0.274 e. The lowest BCUT2D eigenvalue weighted by Gasteiger charge is -2.28. The minimum absolute atomic E-state index is 0.118. The van der Waals surface area contributed by atoms with Gasteiger partial charge in [-0.25, -0.2) is 9.50 Å². The first-order chi connectivity index (χ1) is 16.0. The van der Waals surface area contributed by atoms with E-state index in [4.69, 9.17) is 4.74 Å². The molecular weight excluding hydrogens is 422 g/mol. The molecule has 1 aliphatic rings. The van der Waals surface area contributed by atoms with E-state index in [2.05, 4.69) is 27.2 Å². The number of aromatic nitrogens is 3. The second-order valence-electron chi connectivity index (χ2n) is 7.52. The fourth-order valence-electron chi connectivity index (χ4n) is 3.59. The van der Waals surface area contributed by atoms with Crippen molar-refractivity contribution < 1.29 is 14.3 Å². The third-order valence-electron chi connectivity index (χ3n) is 5.35. The van der Waals surface area contributed by atoms with Crippen LogP contribution in [0, 0.1) is 0 Å². The van der Waals surface area contributed by atoms with E-state index >= 15 is 0 Å². The molecule has 2 amide bonds. The highest BCUT2D eigenvalue weighted by Gasteiger charge is 2.26. The molecule has 1 N–H and O–H groups in total. The first-order valence-electron chi connectivity index (χ1n) is 10.5. The van der Waals surface area contributed by atoms with Crippen molar-refractivity contribution in [1.82, 2.24) is 24.5 Å². The first kappa shape index (κ1) is 22.2. The van der Waals surface area contributed by atoms with Gasteiger partial charge in [0.25, 0.3) is 11.8 Å². The Morgan fingerprint density at radius 3 is 2.61 bits per heavy atom. The molecule has 3 heterocycles. The topological polar surface area (TPSA) is 104 Å². The second kappa shape index (κ2) is 9.61. The number of anilines is 1. The molecule has 0 aliphatic carbocycles. The van der Waals surface area contributed by atoms with Crippen molar-refractivity contribution in [3.8, 4) is 11.4 Å². The number of hydrazone groups is 1. The van der Waals surface area contributed by atoms with Gasteiger partial charge in [0.1, 0.15) is 5.70 Å². The van der Waals surface area contributed by atoms with Gasteiger partial charge in [-0.2, -0.15) is 5.10 Å². The Morgan fingerprint density at radius 1 is 1.18 bits per heavy atom. The lowest BCUT2D eigenvalue weighted by molar-refractivity contribution is -0.131. The van der Waals surface area contributed by atoms with E-state index < -0.39 is 5.91 Å². The largest absolute Gasteiger partial charge is 0.378 e. The summed E-state index contributed by atoms with van der Waals surface area (Å²) in [4.78, 5) is 32.3. The number of benzene rings is 1. The lowest BCUT2D eigenvalue weighted by Crippen LogP contribution is -2.42. The van der Waals surface area contributed by atoms with Gasteiger partial charge < -0.3 is 15.0 Å². The number of carbonyl (C=O) groups is 2. The van der Waals surface area contributed by atoms with Crippen molar-refractivity contribution in [2.75, 3.05) is 38.7 Å². The van der Waals surface area contributed by atoms with Gasteiger partial charge in [0, 0.05) is 55.9 Å². The van der Waals surface area contributed by atoms with Crippen molar-refractivity contribution in [2.45, 2.75) is 6.92 Å². The molecule has 2 aromatic heterocycles. The van der Waals surface area contributed by atoms with E-state index in [-0.39, 0.29) is 17.2 Å². The van der Waals surface area contributed by atoms with Crippen LogP contribution in [0.3, 0.4) is 0 Å². The first-order valence-corrected chi connectivity index (χ1v) is 10.5. The summed E-state index contributed by atoms with van der Waals surface area (Å²) >= 11 is 0. The molecule has 1 fully saturated rings. The molecule has 1 aromatic carbocycles. The maximum atomic E-state index is 13.2. The average Bonchev–Trinajstić information content (AvgIpc) is 3.28. The predicted molar refractivity (Wildman–Crippen MR) is 124 cm³/mol. The van der Waals surface area contributed by atoms with Crippen LogP contribution in [-0.4, -0.2) is 76.4 Å². The van der Waals surface area contributed by atoms with Crippen LogP contribution >= 0.6 is 0 Å². The molecule has 0 saturated carbocycles. The van der Waals surface area contributed by atoms with Crippen LogP contribution < -0.4 is 5.32 Å². The number of amides is 2. The molecule has 33 heavy (non-hydrogen) atoms. The highest BCUT2D eigenvalue weighted by atomic mass is 16.5. The van der Waals surface area contributed by atoms with Crippen molar-refractivity contribution in [3.63, 3.8) is 0 Å². The standard InChI is InChI=1S/C23H25N7O3/c1-16(23(32)29-11-13-33-14-12-29)20(28(3)24-2)22(31)25-18-9-10-30-19(15-18)26-21(27-30)17-7-5-4-6-8-17/h4-10,15H,2,11-14H2,1,3H3,(H,25,31)/b20-16+. The number of fused-ring (bicyclic) bond motifs is 1. The van der Waals surface area contributed by atoms with Gasteiger partial charge >= 0.3 is 0 Å². The summed E-state index contributed by atoms with van der Waals surface area (Å²) in [5.74, 6) is -0.127. The number of carbonyl (C=O) groups excluding carboxylic acids is 2. The van der Waals surface area contributed by atoms with Gasteiger partial charge in [-0.15, -0.1) is 5.10 Å². The van der Waals surface area contributed by atoms with E-state index in [0.717, 1.165) is 5.56 Å². The molecule has 0 spiro atoms. The SMILES string of the molecule is C=NN(C)/C(C(=O)Nc1ccn2nc(-c3ccccc3)nc2c1)=C(\C)C(=O)N1CCOCC1. The van der Waals surface area contributed by atoms with Crippen LogP contribution in [0.2, 0.25) is 0 Å². The Kier molecular flexibility index (Phi) is 6.45. The highest BCUT2D eigenvalue weighted by Crippen LogP contribution is 2.20. The summed E-state index contributed by atoms with van der Waals surface area (Å²) in [7, 11) is 1.58. The number of hydrogen-bond donors (Lipinski definition) is 1. The number of hydrogen-bond acceptors (Lipinski definition) is 7. The van der Waals surface area contributed by atoms with Crippen LogP contribution in [0.4, 0.5) is 5.69 Å². The summed E-state index contributed by atoms with van der Waals surface area (Å²) in [5.41, 5.74) is 2.38. The number of nitrogens with zero attached hydrogens (tertiary/aromatic N) is 6. The molecule has 170 valence electrons. The molecule has 0 radical (unpaired) electrons. The Bertz CT molecular complexity index is 1210. The van der Waals surface area contributed by atoms with Gasteiger partial charge in [-0.3, -0.25) is 14.6 Å². The number of likely N-dealkylation sites (N-methyl/N-ethyl adjacent to an activating group) is 1. The number of ether oxygens (including phenoxy) is 1. The van der Waals surface area contributed by atoms with Crippen LogP contribution in [0.15, 0.2) is 65.0 Å². The maximum absolute atomic E-state index is 13.2. The van der Waals surface area contributed by atoms with E-state index in [1.54, 1.807) is 41.7 Å². The Hall–Kier alpha value is -4.05. The van der Waals surface area contributed by atoms with E-state index in [9.17, 15) is 9.59 Å². The minimum atomic E-state index is -0.476. The fraction of sp³-hybridized carbons (Fsp3) is 0.261. The van der Waals surface area contributed by atoms with Crippen LogP contribution in [-0.2, 0) is 14.3 Å². The van der Waals surface area contributed by atoms with E-state index in [0.29, 0.717) is 43.5 Å². The molecule has 1 saturated heterocycles. The zero-order valence-electron chi connectivity index (χ0n) is 18.6. The molecule has 0 unspecified atom stereocenters. The van der Waals surface area contributed by atoms with Crippen molar-refractivity contribution in [1.29, 1.82) is 0 Å². The summed E-state index contributed by atoms with van der Waals surface area (Å²) in [5, 5.41) is 12.4. The molecule has 0 bridgehead atoms. The van der Waals surface area contributed by atoms with Crippen molar-refractivity contribution in [3.05, 3.63) is 59.9 Å². The van der Waals surface area contributed by atoms with Crippen LogP contribution in [0.1, 0.15) is 6.92 Å². The third kappa shape index (κ3) is 4.75. The summed E-state index contributed by atoms with van der Waals surface area (Å²) in [6.07, 6.45) is 1.72. The Balaban J connectivity index is 1.59. The molecule has 3 aromatic rings. The molecule has 4 rings (SSSR count). The molecule has 10 heteroatoms. The summed E-state index contributed by atoms with van der Waals surface area (Å²) < 4.78 is 6.95. The number of rotatable bonds is 6. The number of morpholine rings is 1. The number of nitrogens with one attached hydrogen (secondary N) is 1. The van der Waals surface area contributed by atoms with Gasteiger partial charge in [0.05, 0.1) is 13.2 Å². The van der Waals surface area contributed by atoms with Gasteiger partial charge in [-0.1, -0.05) is 30.3 Å². The minimum Gasteiger partial charge on any atom is -0.378 e. The van der Waals surface area contributed by atoms with Gasteiger partial charge in [-0.05, 0) is 13.0 Å². The monoisotopic (exact) mass is 447 g/mol. The molecule has 10 nitrogen and oxygen atoms in total. The summed E-state index contributed by atoms with van der Waals surface area (Å²) in [6.45, 7) is 7.00. The second-order valence-corrected chi connectivity index (χ2v) is 7.52. The molecular formula is C23H25N7O3. The molecule has 1 aliphatic heterocycles. The lowest BCUT2D eigenvalue weighted by atomic mass is 10.1. The maximum Gasteiger partial charge on any atom is 0.274 e. The van der Waals surface area contributed by atoms with Crippen LogP contribution in [0.25, 0.3) is 17.0 Å². The third-order valence-corrected chi connectivity index (χ3v) is 5.35. The Morgan fingerprint density at radius 2 is 1.91 bits per heavy atom.